The van der Waals surface area contributed by atoms with Gasteiger partial charge in [-0.05, 0) is 12.8 Å². The largest absolute Gasteiger partial charge is 0.481 e. The highest BCUT2D eigenvalue weighted by Gasteiger charge is 2.32. The van der Waals surface area contributed by atoms with E-state index in [9.17, 15) is 13.2 Å². The van der Waals surface area contributed by atoms with Crippen molar-refractivity contribution in [2.75, 3.05) is 5.75 Å². The summed E-state index contributed by atoms with van der Waals surface area (Å²) in [6.07, 6.45) is 3.33. The summed E-state index contributed by atoms with van der Waals surface area (Å²) in [6, 6.07) is 0. The molecule has 0 spiro atoms. The molecule has 1 atom stereocenters. The Bertz CT molecular complexity index is 533. The number of carboxylic acids is 1. The van der Waals surface area contributed by atoms with E-state index in [0.717, 1.165) is 0 Å². The van der Waals surface area contributed by atoms with Gasteiger partial charge in [0.25, 0.3) is 0 Å². The fourth-order valence-electron chi connectivity index (χ4n) is 2.07. The van der Waals surface area contributed by atoms with Crippen LogP contribution < -0.4 is 0 Å². The predicted molar refractivity (Wildman–Crippen MR) is 63.0 cm³/mol. The smallest absolute Gasteiger partial charge is 0.303 e. The molecular weight excluding hydrogens is 258 g/mol. The van der Waals surface area contributed by atoms with E-state index in [1.165, 1.54) is 6.26 Å². The summed E-state index contributed by atoms with van der Waals surface area (Å²) in [7, 11) is -3.00. The fourth-order valence-corrected chi connectivity index (χ4v) is 3.90. The predicted octanol–water partition coefficient (Wildman–Crippen LogP) is 0.812. The van der Waals surface area contributed by atoms with Gasteiger partial charge in [0.2, 0.25) is 0 Å². The van der Waals surface area contributed by atoms with Gasteiger partial charge in [-0.3, -0.25) is 4.79 Å². The molecule has 1 aromatic rings. The molecule has 1 aliphatic rings. The monoisotopic (exact) mass is 273 g/mol. The van der Waals surface area contributed by atoms with Crippen LogP contribution in [0.15, 0.2) is 10.7 Å². The third-order valence-electron chi connectivity index (χ3n) is 3.06. The zero-order valence-electron chi connectivity index (χ0n) is 9.83. The highest BCUT2D eigenvalue weighted by atomic mass is 32.2. The van der Waals surface area contributed by atoms with E-state index in [-0.39, 0.29) is 18.6 Å². The summed E-state index contributed by atoms with van der Waals surface area (Å²) < 4.78 is 28.5. The molecule has 6 nitrogen and oxygen atoms in total. The number of rotatable bonds is 5. The number of aliphatic carboxylic acids is 1. The quantitative estimate of drug-likeness (QED) is 0.852. The fraction of sp³-hybridized carbons (Fsp3) is 0.636. The number of hydrogen-bond donors (Lipinski definition) is 1. The molecule has 1 saturated heterocycles. The molecule has 100 valence electrons. The average molecular weight is 273 g/mol. The second-order valence-corrected chi connectivity index (χ2v) is 6.86. The van der Waals surface area contributed by atoms with E-state index in [1.807, 2.05) is 0 Å². The van der Waals surface area contributed by atoms with Crippen molar-refractivity contribution in [2.45, 2.75) is 37.4 Å². The number of carboxylic acid groups (broad SMARTS) is 1. The lowest BCUT2D eigenvalue weighted by atomic mass is 10.2. The van der Waals surface area contributed by atoms with Crippen LogP contribution in [0, 0.1) is 0 Å². The third kappa shape index (κ3) is 3.10. The standard InChI is InChI=1S/C11H15NO5S/c13-11(14)4-3-8-7-17-10(12-8)6-9-2-1-5-18(9,15)16/h7,9H,1-6H2,(H,13,14). The molecule has 1 aromatic heterocycles. The van der Waals surface area contributed by atoms with Gasteiger partial charge in [0.1, 0.15) is 6.26 Å². The summed E-state index contributed by atoms with van der Waals surface area (Å²) >= 11 is 0. The van der Waals surface area contributed by atoms with E-state index in [4.69, 9.17) is 9.52 Å². The van der Waals surface area contributed by atoms with Gasteiger partial charge in [-0.2, -0.15) is 0 Å². The number of carbonyl (C=O) groups is 1. The Morgan fingerprint density at radius 2 is 2.33 bits per heavy atom. The highest BCUT2D eigenvalue weighted by Crippen LogP contribution is 2.23. The Morgan fingerprint density at radius 1 is 1.56 bits per heavy atom. The van der Waals surface area contributed by atoms with Crippen LogP contribution in [-0.2, 0) is 27.5 Å². The maximum absolute atomic E-state index is 11.6. The zero-order valence-corrected chi connectivity index (χ0v) is 10.6. The highest BCUT2D eigenvalue weighted by molar-refractivity contribution is 7.92. The molecule has 7 heteroatoms. The van der Waals surface area contributed by atoms with E-state index in [0.29, 0.717) is 30.8 Å². The van der Waals surface area contributed by atoms with Crippen LogP contribution in [-0.4, -0.2) is 35.5 Å². The van der Waals surface area contributed by atoms with Crippen molar-refractivity contribution in [3.8, 4) is 0 Å². The van der Waals surface area contributed by atoms with E-state index >= 15 is 0 Å². The minimum atomic E-state index is -3.00. The van der Waals surface area contributed by atoms with Gasteiger partial charge in [0, 0.05) is 12.8 Å². The van der Waals surface area contributed by atoms with Crippen LogP contribution in [0.3, 0.4) is 0 Å². The third-order valence-corrected chi connectivity index (χ3v) is 5.34. The van der Waals surface area contributed by atoms with Crippen LogP contribution in [0.2, 0.25) is 0 Å². The second-order valence-electron chi connectivity index (χ2n) is 4.46. The molecule has 0 amide bonds. The summed E-state index contributed by atoms with van der Waals surface area (Å²) in [5.41, 5.74) is 0.558. The first-order chi connectivity index (χ1) is 8.47. The number of aromatic nitrogens is 1. The van der Waals surface area contributed by atoms with Gasteiger partial charge in [0.05, 0.1) is 23.1 Å². The van der Waals surface area contributed by atoms with Crippen LogP contribution in [0.25, 0.3) is 0 Å². The zero-order chi connectivity index (χ0) is 13.2. The number of hydrogen-bond acceptors (Lipinski definition) is 5. The lowest BCUT2D eigenvalue weighted by Gasteiger charge is -2.04. The normalized spacial score (nSPS) is 22.1. The number of nitrogens with zero attached hydrogens (tertiary/aromatic N) is 1. The molecule has 2 heterocycles. The molecule has 1 fully saturated rings. The molecule has 0 aliphatic carbocycles. The molecular formula is C11H15NO5S. The van der Waals surface area contributed by atoms with E-state index in [1.54, 1.807) is 0 Å². The van der Waals surface area contributed by atoms with Crippen LogP contribution in [0.5, 0.6) is 0 Å². The van der Waals surface area contributed by atoms with Crippen molar-refractivity contribution in [1.82, 2.24) is 4.98 Å². The minimum absolute atomic E-state index is 0.00625. The lowest BCUT2D eigenvalue weighted by Crippen LogP contribution is -2.18. The number of sulfone groups is 1. The molecule has 1 aliphatic heterocycles. The molecule has 0 aromatic carbocycles. The maximum Gasteiger partial charge on any atom is 0.303 e. The van der Waals surface area contributed by atoms with Gasteiger partial charge < -0.3 is 9.52 Å². The van der Waals surface area contributed by atoms with Crippen molar-refractivity contribution in [3.63, 3.8) is 0 Å². The molecule has 0 bridgehead atoms. The van der Waals surface area contributed by atoms with Crippen molar-refractivity contribution in [2.24, 2.45) is 0 Å². The Hall–Kier alpha value is -1.37. The summed E-state index contributed by atoms with van der Waals surface area (Å²) in [6.45, 7) is 0. The first-order valence-corrected chi connectivity index (χ1v) is 7.55. The summed E-state index contributed by atoms with van der Waals surface area (Å²) in [4.78, 5) is 14.5. The number of aryl methyl sites for hydroxylation is 1. The van der Waals surface area contributed by atoms with Crippen LogP contribution in [0.1, 0.15) is 30.8 Å². The molecule has 0 saturated carbocycles. The molecule has 1 N–H and O–H groups in total. The topological polar surface area (TPSA) is 97.5 Å². The van der Waals surface area contributed by atoms with E-state index < -0.39 is 21.1 Å². The van der Waals surface area contributed by atoms with Crippen molar-refractivity contribution < 1.29 is 22.7 Å². The number of oxazole rings is 1. The van der Waals surface area contributed by atoms with Crippen molar-refractivity contribution in [3.05, 3.63) is 17.8 Å². The first kappa shape index (κ1) is 13.1. The first-order valence-electron chi connectivity index (χ1n) is 5.84. The van der Waals surface area contributed by atoms with Crippen molar-refractivity contribution >= 4 is 15.8 Å². The Balaban J connectivity index is 1.96. The van der Waals surface area contributed by atoms with Gasteiger partial charge in [-0.15, -0.1) is 0 Å². The molecule has 18 heavy (non-hydrogen) atoms. The maximum atomic E-state index is 11.6. The lowest BCUT2D eigenvalue weighted by molar-refractivity contribution is -0.136. The molecule has 0 radical (unpaired) electrons. The van der Waals surface area contributed by atoms with Gasteiger partial charge in [-0.25, -0.2) is 13.4 Å². The minimum Gasteiger partial charge on any atom is -0.481 e. The Kier molecular flexibility index (Phi) is 3.70. The molecule has 2 rings (SSSR count). The van der Waals surface area contributed by atoms with Gasteiger partial charge in [-0.1, -0.05) is 0 Å². The Labute approximate surface area is 105 Å². The van der Waals surface area contributed by atoms with E-state index in [2.05, 4.69) is 4.98 Å². The average Bonchev–Trinajstić information content (AvgIpc) is 2.84. The Morgan fingerprint density at radius 3 is 2.94 bits per heavy atom. The van der Waals surface area contributed by atoms with Crippen molar-refractivity contribution in [1.29, 1.82) is 0 Å². The SMILES string of the molecule is O=C(O)CCc1coc(CC2CCCS2(=O)=O)n1. The summed E-state index contributed by atoms with van der Waals surface area (Å²) in [5.74, 6) is -0.270. The van der Waals surface area contributed by atoms with Crippen LogP contribution in [0.4, 0.5) is 0 Å². The van der Waals surface area contributed by atoms with Crippen LogP contribution >= 0.6 is 0 Å². The molecule has 1 unspecified atom stereocenters. The second kappa shape index (κ2) is 5.09. The summed E-state index contributed by atoms with van der Waals surface area (Å²) in [5, 5.41) is 8.14. The van der Waals surface area contributed by atoms with Gasteiger partial charge in [0.15, 0.2) is 15.7 Å². The van der Waals surface area contributed by atoms with Gasteiger partial charge >= 0.3 is 5.97 Å².